The summed E-state index contributed by atoms with van der Waals surface area (Å²) >= 11 is 0. The van der Waals surface area contributed by atoms with Gasteiger partial charge in [0.05, 0.1) is 17.4 Å². The highest BCUT2D eigenvalue weighted by atomic mass is 16.3. The van der Waals surface area contributed by atoms with E-state index in [0.717, 1.165) is 30.8 Å². The maximum Gasteiger partial charge on any atom is 0.248 e. The maximum atomic E-state index is 12.0. The van der Waals surface area contributed by atoms with Crippen molar-refractivity contribution in [2.75, 3.05) is 23.3 Å². The number of rotatable bonds is 5. The van der Waals surface area contributed by atoms with Gasteiger partial charge in [0.2, 0.25) is 5.91 Å². The van der Waals surface area contributed by atoms with E-state index >= 15 is 0 Å². The summed E-state index contributed by atoms with van der Waals surface area (Å²) in [5.41, 5.74) is 3.08. The third-order valence-corrected chi connectivity index (χ3v) is 4.42. The Bertz CT molecular complexity index is 708. The molecule has 1 aromatic rings. The molecule has 1 saturated heterocycles. The van der Waals surface area contributed by atoms with E-state index in [9.17, 15) is 15.2 Å². The number of aliphatic hydroxyl groups is 1. The third-order valence-electron chi connectivity index (χ3n) is 4.42. The van der Waals surface area contributed by atoms with E-state index in [4.69, 9.17) is 0 Å². The Morgan fingerprint density at radius 2 is 2.12 bits per heavy atom. The number of carbonyl (C=O) groups excluding carboxylic acids is 1. The first-order chi connectivity index (χ1) is 12.1. The van der Waals surface area contributed by atoms with Gasteiger partial charge in [0.1, 0.15) is 6.07 Å². The van der Waals surface area contributed by atoms with Gasteiger partial charge in [-0.2, -0.15) is 5.26 Å². The van der Waals surface area contributed by atoms with Crippen molar-refractivity contribution >= 4 is 17.3 Å². The number of hydrogen-bond donors (Lipinski definition) is 2. The summed E-state index contributed by atoms with van der Waals surface area (Å²) in [5.74, 6) is -0.217. The molecule has 1 aliphatic rings. The number of amides is 1. The van der Waals surface area contributed by atoms with Crippen molar-refractivity contribution in [1.29, 1.82) is 5.26 Å². The summed E-state index contributed by atoms with van der Waals surface area (Å²) in [6, 6.07) is 7.57. The molecule has 1 fully saturated rings. The Labute approximate surface area is 149 Å². The maximum absolute atomic E-state index is 12.0. The number of nitriles is 1. The highest BCUT2D eigenvalue weighted by Gasteiger charge is 2.19. The van der Waals surface area contributed by atoms with Gasteiger partial charge >= 0.3 is 0 Å². The Morgan fingerprint density at radius 3 is 2.72 bits per heavy atom. The number of carbonyl (C=O) groups is 1. The number of nitrogens with zero attached hydrogens (tertiary/aromatic N) is 2. The van der Waals surface area contributed by atoms with E-state index < -0.39 is 0 Å². The Hall–Kier alpha value is -2.58. The zero-order valence-electron chi connectivity index (χ0n) is 14.8. The van der Waals surface area contributed by atoms with Crippen LogP contribution in [0.25, 0.3) is 0 Å². The van der Waals surface area contributed by atoms with Crippen LogP contribution in [0.2, 0.25) is 0 Å². The molecule has 5 heteroatoms. The quantitative estimate of drug-likeness (QED) is 0.637. The second kappa shape index (κ2) is 9.05. The molecular weight excluding hydrogens is 314 g/mol. The van der Waals surface area contributed by atoms with E-state index in [1.807, 2.05) is 32.1 Å². The summed E-state index contributed by atoms with van der Waals surface area (Å²) in [6.07, 6.45) is 7.31. The number of anilines is 2. The molecule has 1 amide bonds. The first-order valence-electron chi connectivity index (χ1n) is 8.68. The molecule has 0 aliphatic carbocycles. The minimum Gasteiger partial charge on any atom is -0.393 e. The molecule has 0 unspecified atom stereocenters. The molecule has 25 heavy (non-hydrogen) atoms. The van der Waals surface area contributed by atoms with Gasteiger partial charge in [0.25, 0.3) is 0 Å². The molecule has 5 nitrogen and oxygen atoms in total. The fourth-order valence-corrected chi connectivity index (χ4v) is 2.87. The zero-order chi connectivity index (χ0) is 18.2. The van der Waals surface area contributed by atoms with Crippen molar-refractivity contribution in [3.63, 3.8) is 0 Å². The van der Waals surface area contributed by atoms with Gasteiger partial charge < -0.3 is 15.3 Å². The number of piperidine rings is 1. The highest BCUT2D eigenvalue weighted by molar-refractivity contribution is 5.99. The van der Waals surface area contributed by atoms with E-state index in [1.165, 1.54) is 6.08 Å². The number of allylic oxidation sites excluding steroid dienone is 3. The van der Waals surface area contributed by atoms with Crippen molar-refractivity contribution < 1.29 is 9.90 Å². The van der Waals surface area contributed by atoms with Crippen LogP contribution in [-0.2, 0) is 4.79 Å². The largest absolute Gasteiger partial charge is 0.393 e. The Balaban J connectivity index is 2.08. The SMILES string of the molecule is CC=C(C=CC(=O)Nc1ccc(N2CCC(O)CC2)c(C#N)c1)CC. The van der Waals surface area contributed by atoms with Crippen LogP contribution in [0.5, 0.6) is 0 Å². The van der Waals surface area contributed by atoms with Crippen LogP contribution in [0.3, 0.4) is 0 Å². The standard InChI is InChI=1S/C20H25N3O2/c1-3-15(4-2)5-8-20(25)22-17-6-7-19(16(13-17)14-21)23-11-9-18(24)10-12-23/h3,5-8,13,18,24H,4,9-12H2,1-2H3,(H,22,25). The lowest BCUT2D eigenvalue weighted by Gasteiger charge is -2.32. The molecule has 0 radical (unpaired) electrons. The molecule has 132 valence electrons. The summed E-state index contributed by atoms with van der Waals surface area (Å²) < 4.78 is 0. The van der Waals surface area contributed by atoms with Crippen LogP contribution in [0.1, 0.15) is 38.7 Å². The van der Waals surface area contributed by atoms with Crippen LogP contribution in [0.4, 0.5) is 11.4 Å². The predicted octanol–water partition coefficient (Wildman–Crippen LogP) is 3.37. The molecule has 2 rings (SSSR count). The van der Waals surface area contributed by atoms with Crippen LogP contribution < -0.4 is 10.2 Å². The Kier molecular flexibility index (Phi) is 6.79. The number of nitrogens with one attached hydrogen (secondary N) is 1. The Morgan fingerprint density at radius 1 is 1.40 bits per heavy atom. The topological polar surface area (TPSA) is 76.4 Å². The predicted molar refractivity (Wildman–Crippen MR) is 100 cm³/mol. The average molecular weight is 339 g/mol. The van der Waals surface area contributed by atoms with Crippen molar-refractivity contribution in [3.8, 4) is 6.07 Å². The summed E-state index contributed by atoms with van der Waals surface area (Å²) in [4.78, 5) is 14.1. The fraction of sp³-hybridized carbons (Fsp3) is 0.400. The highest BCUT2D eigenvalue weighted by Crippen LogP contribution is 2.26. The lowest BCUT2D eigenvalue weighted by molar-refractivity contribution is -0.111. The molecule has 0 saturated carbocycles. The number of aliphatic hydroxyl groups excluding tert-OH is 1. The van der Waals surface area contributed by atoms with E-state index in [2.05, 4.69) is 16.3 Å². The number of benzene rings is 1. The molecule has 1 heterocycles. The molecule has 1 aliphatic heterocycles. The van der Waals surface area contributed by atoms with Crippen LogP contribution in [0.15, 0.2) is 42.0 Å². The molecule has 1 aromatic carbocycles. The smallest absolute Gasteiger partial charge is 0.248 e. The molecule has 0 spiro atoms. The first kappa shape index (κ1) is 18.8. The van der Waals surface area contributed by atoms with Gasteiger partial charge in [-0.1, -0.05) is 24.6 Å². The van der Waals surface area contributed by atoms with Crippen LogP contribution in [-0.4, -0.2) is 30.2 Å². The summed E-state index contributed by atoms with van der Waals surface area (Å²) in [7, 11) is 0. The first-order valence-corrected chi connectivity index (χ1v) is 8.68. The lowest BCUT2D eigenvalue weighted by Crippen LogP contribution is -2.36. The second-order valence-electron chi connectivity index (χ2n) is 6.10. The van der Waals surface area contributed by atoms with Gasteiger partial charge in [-0.25, -0.2) is 0 Å². The molecule has 0 bridgehead atoms. The average Bonchev–Trinajstić information content (AvgIpc) is 2.63. The van der Waals surface area contributed by atoms with E-state index in [-0.39, 0.29) is 12.0 Å². The van der Waals surface area contributed by atoms with Crippen molar-refractivity contribution in [1.82, 2.24) is 0 Å². The second-order valence-corrected chi connectivity index (χ2v) is 6.10. The van der Waals surface area contributed by atoms with Gasteiger partial charge in [-0.15, -0.1) is 0 Å². The monoisotopic (exact) mass is 339 g/mol. The minimum absolute atomic E-state index is 0.217. The molecule has 0 atom stereocenters. The van der Waals surface area contributed by atoms with Crippen molar-refractivity contribution in [3.05, 3.63) is 47.6 Å². The van der Waals surface area contributed by atoms with Gasteiger partial charge in [0.15, 0.2) is 0 Å². The lowest BCUT2D eigenvalue weighted by atomic mass is 10.0. The van der Waals surface area contributed by atoms with E-state index in [0.29, 0.717) is 24.1 Å². The fourth-order valence-electron chi connectivity index (χ4n) is 2.87. The molecular formula is C20H25N3O2. The molecule has 0 aromatic heterocycles. The van der Waals surface area contributed by atoms with E-state index in [1.54, 1.807) is 12.1 Å². The summed E-state index contributed by atoms with van der Waals surface area (Å²) in [5, 5.41) is 21.9. The van der Waals surface area contributed by atoms with Gasteiger partial charge in [-0.3, -0.25) is 4.79 Å². The van der Waals surface area contributed by atoms with Gasteiger partial charge in [0, 0.05) is 24.9 Å². The van der Waals surface area contributed by atoms with Crippen molar-refractivity contribution in [2.45, 2.75) is 39.2 Å². The van der Waals surface area contributed by atoms with Crippen LogP contribution >= 0.6 is 0 Å². The van der Waals surface area contributed by atoms with Gasteiger partial charge in [-0.05, 0) is 44.4 Å². The zero-order valence-corrected chi connectivity index (χ0v) is 14.8. The summed E-state index contributed by atoms with van der Waals surface area (Å²) in [6.45, 7) is 5.44. The normalized spacial score (nSPS) is 16.1. The third kappa shape index (κ3) is 5.20. The van der Waals surface area contributed by atoms with Crippen LogP contribution in [0, 0.1) is 11.3 Å². The molecule has 2 N–H and O–H groups in total. The van der Waals surface area contributed by atoms with Crippen molar-refractivity contribution in [2.24, 2.45) is 0 Å². The number of hydrogen-bond acceptors (Lipinski definition) is 4. The minimum atomic E-state index is -0.252.